The largest absolute Gasteiger partial charge is 0.446 e. The molecule has 0 unspecified atom stereocenters. The summed E-state index contributed by atoms with van der Waals surface area (Å²) in [6.07, 6.45) is 5.72. The zero-order valence-corrected chi connectivity index (χ0v) is 27.9. The average molecular weight is 678 g/mol. The molecule has 4 N–H and O–H groups in total. The topological polar surface area (TPSA) is 210 Å². The molecule has 1 aliphatic heterocycles. The molecule has 18 heteroatoms. The van der Waals surface area contributed by atoms with E-state index < -0.39 is 23.2 Å². The molecule has 0 bridgehead atoms. The molecule has 258 valence electrons. The lowest BCUT2D eigenvalue weighted by atomic mass is 9.77. The molecular formula is C29H43N9O8S. The number of nitrogens with one attached hydrogen (secondary N) is 4. The van der Waals surface area contributed by atoms with Gasteiger partial charge < -0.3 is 35.5 Å². The van der Waals surface area contributed by atoms with Gasteiger partial charge >= 0.3 is 12.2 Å². The molecule has 2 aromatic heterocycles. The number of hydrogen-bond acceptors (Lipinski definition) is 12. The van der Waals surface area contributed by atoms with Crippen LogP contribution in [0.5, 0.6) is 0 Å². The van der Waals surface area contributed by atoms with E-state index in [0.29, 0.717) is 50.9 Å². The first-order valence-electron chi connectivity index (χ1n) is 15.4. The van der Waals surface area contributed by atoms with Crippen molar-refractivity contribution in [2.24, 2.45) is 5.41 Å². The SMILES string of the molecule is CCC1(CCCc2cn(CCCNC(=O)Cc3cn(C(=O)OCCOCCNC(=O)OC(C)(C)C)cn3)nn2)C(=O)NC(=S)NC1=O. The van der Waals surface area contributed by atoms with E-state index in [-0.39, 0.29) is 55.6 Å². The second-order valence-electron chi connectivity index (χ2n) is 11.8. The number of nitrogens with zero attached hydrogens (tertiary/aromatic N) is 5. The number of carbonyl (C=O) groups excluding carboxylic acids is 5. The predicted octanol–water partition coefficient (Wildman–Crippen LogP) is 1.000. The number of aromatic nitrogens is 5. The molecule has 2 aromatic rings. The van der Waals surface area contributed by atoms with Crippen molar-refractivity contribution in [1.29, 1.82) is 0 Å². The van der Waals surface area contributed by atoms with Crippen molar-refractivity contribution in [2.45, 2.75) is 78.4 Å². The van der Waals surface area contributed by atoms with Gasteiger partial charge in [0.05, 0.1) is 31.0 Å². The van der Waals surface area contributed by atoms with Crippen LogP contribution < -0.4 is 21.3 Å². The number of amides is 4. The quantitative estimate of drug-likeness (QED) is 0.105. The Labute approximate surface area is 277 Å². The summed E-state index contributed by atoms with van der Waals surface area (Å²) >= 11 is 4.89. The van der Waals surface area contributed by atoms with Gasteiger partial charge in [0, 0.05) is 32.0 Å². The first kappa shape index (κ1) is 37.0. The summed E-state index contributed by atoms with van der Waals surface area (Å²) in [5, 5.41) is 18.8. The van der Waals surface area contributed by atoms with Crippen LogP contribution in [0.15, 0.2) is 18.7 Å². The molecule has 0 radical (unpaired) electrons. The number of thiocarbonyl (C=S) groups is 1. The van der Waals surface area contributed by atoms with Crippen LogP contribution in [0.2, 0.25) is 0 Å². The van der Waals surface area contributed by atoms with Crippen molar-refractivity contribution in [3.05, 3.63) is 30.1 Å². The summed E-state index contributed by atoms with van der Waals surface area (Å²) in [7, 11) is 0. The van der Waals surface area contributed by atoms with Gasteiger partial charge in [-0.2, -0.15) is 0 Å². The molecule has 17 nitrogen and oxygen atoms in total. The van der Waals surface area contributed by atoms with Crippen molar-refractivity contribution in [1.82, 2.24) is 45.8 Å². The smallest absolute Gasteiger partial charge is 0.419 e. The summed E-state index contributed by atoms with van der Waals surface area (Å²) in [5.74, 6) is -1.01. The number of imidazole rings is 1. The molecule has 4 amide bonds. The van der Waals surface area contributed by atoms with Crippen LogP contribution in [-0.4, -0.2) is 98.1 Å². The highest BCUT2D eigenvalue weighted by Crippen LogP contribution is 2.31. The van der Waals surface area contributed by atoms with Gasteiger partial charge in [-0.15, -0.1) is 5.10 Å². The molecule has 0 spiro atoms. The number of hydrogen-bond donors (Lipinski definition) is 4. The number of ether oxygens (including phenoxy) is 3. The third-order valence-corrected chi connectivity index (χ3v) is 7.20. The van der Waals surface area contributed by atoms with Crippen LogP contribution in [0.4, 0.5) is 9.59 Å². The minimum absolute atomic E-state index is 0.000932. The van der Waals surface area contributed by atoms with E-state index >= 15 is 0 Å². The lowest BCUT2D eigenvalue weighted by Crippen LogP contribution is -2.62. The van der Waals surface area contributed by atoms with Gasteiger partial charge in [0.1, 0.15) is 24.0 Å². The van der Waals surface area contributed by atoms with E-state index in [1.807, 2.05) is 0 Å². The van der Waals surface area contributed by atoms with Crippen molar-refractivity contribution in [2.75, 3.05) is 32.9 Å². The zero-order valence-electron chi connectivity index (χ0n) is 27.1. The molecule has 0 saturated carbocycles. The molecule has 1 fully saturated rings. The standard InChI is InChI=1S/C29H43N9O8S/c1-5-29(23(40)33-25(47)34-24(29)41)9-6-8-20-18-38(36-35-20)12-7-10-30-22(39)16-21-17-37(19-32-21)27(43)45-15-14-44-13-11-31-26(42)46-28(2,3)4/h17-19H,5-16H2,1-4H3,(H,30,39)(H,31,42)(H2,33,34,40,41,47). The van der Waals surface area contributed by atoms with Gasteiger partial charge in [-0.3, -0.25) is 19.1 Å². The fourth-order valence-electron chi connectivity index (χ4n) is 4.59. The third-order valence-electron chi connectivity index (χ3n) is 6.99. The van der Waals surface area contributed by atoms with Crippen molar-refractivity contribution in [3.8, 4) is 0 Å². The highest BCUT2D eigenvalue weighted by atomic mass is 32.1. The van der Waals surface area contributed by atoms with E-state index in [2.05, 4.69) is 36.6 Å². The van der Waals surface area contributed by atoms with E-state index in [1.54, 1.807) is 38.6 Å². The monoisotopic (exact) mass is 677 g/mol. The summed E-state index contributed by atoms with van der Waals surface area (Å²) in [5.41, 5.74) is -0.596. The summed E-state index contributed by atoms with van der Waals surface area (Å²) in [4.78, 5) is 65.2. The van der Waals surface area contributed by atoms with Crippen LogP contribution in [0.1, 0.15) is 64.8 Å². The Balaban J connectivity index is 1.26. The molecule has 0 aliphatic carbocycles. The van der Waals surface area contributed by atoms with Crippen LogP contribution in [0, 0.1) is 5.41 Å². The van der Waals surface area contributed by atoms with Crippen LogP contribution in [0.25, 0.3) is 0 Å². The Kier molecular flexibility index (Phi) is 13.8. The maximum absolute atomic E-state index is 12.5. The first-order valence-corrected chi connectivity index (χ1v) is 15.8. The summed E-state index contributed by atoms with van der Waals surface area (Å²) in [6, 6.07) is 0. The van der Waals surface area contributed by atoms with Crippen molar-refractivity contribution >= 4 is 47.2 Å². The lowest BCUT2D eigenvalue weighted by Gasteiger charge is -2.34. The van der Waals surface area contributed by atoms with Gasteiger partial charge in [0.15, 0.2) is 5.11 Å². The normalized spacial score (nSPS) is 14.3. The molecule has 0 aromatic carbocycles. The molecule has 3 rings (SSSR count). The minimum Gasteiger partial charge on any atom is -0.446 e. The highest BCUT2D eigenvalue weighted by molar-refractivity contribution is 7.80. The number of rotatable bonds is 17. The van der Waals surface area contributed by atoms with Crippen LogP contribution in [-0.2, 0) is 48.0 Å². The third kappa shape index (κ3) is 12.0. The molecule has 1 aliphatic rings. The maximum Gasteiger partial charge on any atom is 0.419 e. The maximum atomic E-state index is 12.5. The van der Waals surface area contributed by atoms with Gasteiger partial charge in [-0.05, 0) is 65.1 Å². The lowest BCUT2D eigenvalue weighted by molar-refractivity contribution is -0.144. The van der Waals surface area contributed by atoms with Crippen molar-refractivity contribution in [3.63, 3.8) is 0 Å². The molecule has 1 saturated heterocycles. The summed E-state index contributed by atoms with van der Waals surface area (Å²) in [6.45, 7) is 8.64. The van der Waals surface area contributed by atoms with E-state index in [4.69, 9.17) is 26.4 Å². The Morgan fingerprint density at radius 1 is 1.00 bits per heavy atom. The highest BCUT2D eigenvalue weighted by Gasteiger charge is 2.47. The van der Waals surface area contributed by atoms with Crippen LogP contribution >= 0.6 is 12.2 Å². The Hall–Kier alpha value is -4.45. The predicted molar refractivity (Wildman–Crippen MR) is 170 cm³/mol. The minimum atomic E-state index is -1.15. The zero-order chi connectivity index (χ0) is 34.5. The number of alkyl carbamates (subject to hydrolysis) is 1. The second-order valence-corrected chi connectivity index (χ2v) is 12.2. The fraction of sp³-hybridized carbons (Fsp3) is 0.621. The number of aryl methyl sites for hydroxylation is 2. The Morgan fingerprint density at radius 3 is 2.45 bits per heavy atom. The fourth-order valence-corrected chi connectivity index (χ4v) is 4.78. The van der Waals surface area contributed by atoms with Crippen molar-refractivity contribution < 1.29 is 38.2 Å². The molecular weight excluding hydrogens is 634 g/mol. The Bertz CT molecular complexity index is 1400. The van der Waals surface area contributed by atoms with Gasteiger partial charge in [0.25, 0.3) is 0 Å². The van der Waals surface area contributed by atoms with Gasteiger partial charge in [0.2, 0.25) is 17.7 Å². The molecule has 47 heavy (non-hydrogen) atoms. The average Bonchev–Trinajstić information content (AvgIpc) is 3.65. The summed E-state index contributed by atoms with van der Waals surface area (Å²) < 4.78 is 18.4. The van der Waals surface area contributed by atoms with E-state index in [1.165, 1.54) is 12.5 Å². The van der Waals surface area contributed by atoms with E-state index in [9.17, 15) is 24.0 Å². The van der Waals surface area contributed by atoms with Gasteiger partial charge in [-0.1, -0.05) is 12.1 Å². The Morgan fingerprint density at radius 2 is 1.74 bits per heavy atom. The first-order chi connectivity index (χ1) is 22.3. The molecule has 0 atom stereocenters. The second kappa shape index (κ2) is 17.5. The van der Waals surface area contributed by atoms with Gasteiger partial charge in [-0.25, -0.2) is 19.1 Å². The molecule has 3 heterocycles. The van der Waals surface area contributed by atoms with E-state index in [0.717, 1.165) is 10.3 Å². The number of carbonyl (C=O) groups is 5. The van der Waals surface area contributed by atoms with Crippen LogP contribution in [0.3, 0.4) is 0 Å².